The third-order valence-corrected chi connectivity index (χ3v) is 9.32. The predicted octanol–water partition coefficient (Wildman–Crippen LogP) is 5.63. The van der Waals surface area contributed by atoms with Crippen molar-refractivity contribution < 1.29 is 13.2 Å². The second-order valence-corrected chi connectivity index (χ2v) is 11.7. The van der Waals surface area contributed by atoms with Crippen LogP contribution in [0.4, 0.5) is 0 Å². The number of benzene rings is 2. The van der Waals surface area contributed by atoms with E-state index < -0.39 is 10.0 Å². The van der Waals surface area contributed by atoms with Gasteiger partial charge in [-0.25, -0.2) is 8.42 Å². The first-order valence-corrected chi connectivity index (χ1v) is 14.4. The number of thiophene rings is 1. The normalized spacial score (nSPS) is 17.0. The lowest BCUT2D eigenvalue weighted by atomic mass is 9.90. The third kappa shape index (κ3) is 5.58. The van der Waals surface area contributed by atoms with E-state index in [9.17, 15) is 13.2 Å². The molecule has 0 bridgehead atoms. The minimum absolute atomic E-state index is 0.174. The minimum Gasteiger partial charge on any atom is -0.330 e. The van der Waals surface area contributed by atoms with E-state index in [-0.39, 0.29) is 24.5 Å². The average Bonchev–Trinajstić information content (AvgIpc) is 3.35. The third-order valence-electron chi connectivity index (χ3n) is 6.70. The maximum atomic E-state index is 13.8. The first kappa shape index (κ1) is 25.4. The van der Waals surface area contributed by atoms with Crippen LogP contribution in [0.25, 0.3) is 6.08 Å². The fourth-order valence-corrected chi connectivity index (χ4v) is 6.88. The molecule has 1 aliphatic heterocycles. The van der Waals surface area contributed by atoms with E-state index in [1.807, 2.05) is 61.2 Å². The van der Waals surface area contributed by atoms with Crippen molar-refractivity contribution in [3.63, 3.8) is 0 Å². The highest BCUT2D eigenvalue weighted by Crippen LogP contribution is 2.39. The predicted molar refractivity (Wildman–Crippen MR) is 144 cm³/mol. The Morgan fingerprint density at radius 2 is 1.83 bits per heavy atom. The summed E-state index contributed by atoms with van der Waals surface area (Å²) in [5.74, 6) is -0.174. The van der Waals surface area contributed by atoms with Gasteiger partial charge in [-0.1, -0.05) is 61.5 Å². The smallest absolute Gasteiger partial charge is 0.238 e. The molecule has 0 fully saturated rings. The first-order chi connectivity index (χ1) is 16.8. The van der Waals surface area contributed by atoms with Crippen LogP contribution in [0, 0.1) is 6.92 Å². The van der Waals surface area contributed by atoms with Gasteiger partial charge in [0.1, 0.15) is 0 Å². The van der Waals surface area contributed by atoms with Crippen molar-refractivity contribution in [1.82, 2.24) is 9.21 Å². The van der Waals surface area contributed by atoms with Gasteiger partial charge in [-0.05, 0) is 66.5 Å². The average molecular weight is 509 g/mol. The van der Waals surface area contributed by atoms with Gasteiger partial charge in [0.05, 0.1) is 12.6 Å². The van der Waals surface area contributed by atoms with E-state index >= 15 is 0 Å². The lowest BCUT2D eigenvalue weighted by molar-refractivity contribution is -0.133. The van der Waals surface area contributed by atoms with Crippen molar-refractivity contribution in [1.29, 1.82) is 0 Å². The number of amides is 1. The highest BCUT2D eigenvalue weighted by Gasteiger charge is 2.36. The number of nitrogens with zero attached hydrogens (tertiary/aromatic N) is 2. The Balaban J connectivity index is 1.64. The van der Waals surface area contributed by atoms with E-state index in [4.69, 9.17) is 0 Å². The molecule has 7 heteroatoms. The van der Waals surface area contributed by atoms with Crippen molar-refractivity contribution in [3.8, 4) is 0 Å². The maximum Gasteiger partial charge on any atom is 0.238 e. The molecule has 0 saturated carbocycles. The summed E-state index contributed by atoms with van der Waals surface area (Å²) in [5, 5.41) is 3.29. The van der Waals surface area contributed by atoms with Crippen LogP contribution in [0.15, 0.2) is 71.5 Å². The SMILES string of the molecule is CCC(C)N(CC(=O)N1CCc2sccc2C1c1ccccc1C)S(=O)(=O)/C=C/c1ccccc1. The maximum absolute atomic E-state index is 13.8. The number of fused-ring (bicyclic) bond motifs is 1. The Morgan fingerprint density at radius 1 is 1.11 bits per heavy atom. The number of aryl methyl sites for hydroxylation is 1. The van der Waals surface area contributed by atoms with Crippen molar-refractivity contribution in [2.24, 2.45) is 0 Å². The van der Waals surface area contributed by atoms with Gasteiger partial charge in [0.15, 0.2) is 0 Å². The molecule has 0 N–H and O–H groups in total. The van der Waals surface area contributed by atoms with E-state index in [2.05, 4.69) is 30.5 Å². The van der Waals surface area contributed by atoms with Gasteiger partial charge in [0.25, 0.3) is 0 Å². The molecular weight excluding hydrogens is 476 g/mol. The number of carbonyl (C=O) groups excluding carboxylic acids is 1. The summed E-state index contributed by atoms with van der Waals surface area (Å²) < 4.78 is 28.1. The highest BCUT2D eigenvalue weighted by molar-refractivity contribution is 7.92. The quantitative estimate of drug-likeness (QED) is 0.396. The Hall–Kier alpha value is -2.74. The summed E-state index contributed by atoms with van der Waals surface area (Å²) >= 11 is 1.72. The minimum atomic E-state index is -3.80. The number of sulfonamides is 1. The molecular formula is C28H32N2O3S2. The summed E-state index contributed by atoms with van der Waals surface area (Å²) in [6, 6.07) is 19.0. The highest BCUT2D eigenvalue weighted by atomic mass is 32.2. The van der Waals surface area contributed by atoms with Gasteiger partial charge in [-0.2, -0.15) is 4.31 Å². The largest absolute Gasteiger partial charge is 0.330 e. The summed E-state index contributed by atoms with van der Waals surface area (Å²) in [7, 11) is -3.80. The Labute approximate surface area is 212 Å². The molecule has 2 unspecified atom stereocenters. The van der Waals surface area contributed by atoms with Crippen molar-refractivity contribution in [2.75, 3.05) is 13.1 Å². The second-order valence-electron chi connectivity index (χ2n) is 8.96. The van der Waals surface area contributed by atoms with E-state index in [0.29, 0.717) is 13.0 Å². The summed E-state index contributed by atoms with van der Waals surface area (Å²) in [5.41, 5.74) is 4.15. The zero-order valence-electron chi connectivity index (χ0n) is 20.4. The molecule has 1 aliphatic rings. The van der Waals surface area contributed by atoms with Gasteiger partial charge in [-0.3, -0.25) is 4.79 Å². The van der Waals surface area contributed by atoms with Crippen LogP contribution in [-0.4, -0.2) is 42.7 Å². The lowest BCUT2D eigenvalue weighted by Crippen LogP contribution is -2.48. The van der Waals surface area contributed by atoms with Gasteiger partial charge in [0.2, 0.25) is 15.9 Å². The summed E-state index contributed by atoms with van der Waals surface area (Å²) in [4.78, 5) is 16.9. The van der Waals surface area contributed by atoms with Crippen LogP contribution in [0.1, 0.15) is 53.4 Å². The standard InChI is InChI=1S/C28H32N2O3S2/c1-4-22(3)30(35(32,33)19-16-23-11-6-5-7-12-23)20-27(31)29-17-14-26-25(15-18-34-26)28(29)24-13-9-8-10-21(24)2/h5-13,15-16,18-19,22,28H,4,14,17,20H2,1-3H3/b19-16+. The van der Waals surface area contributed by atoms with Crippen LogP contribution in [0.5, 0.6) is 0 Å². The molecule has 0 saturated heterocycles. The summed E-state index contributed by atoms with van der Waals surface area (Å²) in [6.07, 6.45) is 2.98. The van der Waals surface area contributed by atoms with Crippen LogP contribution in [0.2, 0.25) is 0 Å². The molecule has 1 amide bonds. The molecule has 2 aromatic carbocycles. The Kier molecular flexibility index (Phi) is 7.89. The molecule has 2 heterocycles. The second kappa shape index (κ2) is 10.9. The fourth-order valence-electron chi connectivity index (χ4n) is 4.55. The molecule has 4 rings (SSSR count). The first-order valence-electron chi connectivity index (χ1n) is 12.0. The molecule has 0 spiro atoms. The zero-order chi connectivity index (χ0) is 25.0. The van der Waals surface area contributed by atoms with Gasteiger partial charge < -0.3 is 4.90 Å². The monoisotopic (exact) mass is 508 g/mol. The number of hydrogen-bond acceptors (Lipinski definition) is 4. The van der Waals surface area contributed by atoms with E-state index in [0.717, 1.165) is 28.7 Å². The topological polar surface area (TPSA) is 57.7 Å². The molecule has 0 aliphatic carbocycles. The van der Waals surface area contributed by atoms with Crippen molar-refractivity contribution in [2.45, 2.75) is 45.7 Å². The fraction of sp³-hybridized carbons (Fsp3) is 0.321. The molecule has 1 aromatic heterocycles. The lowest BCUT2D eigenvalue weighted by Gasteiger charge is -2.38. The molecule has 3 aromatic rings. The molecule has 0 radical (unpaired) electrons. The molecule has 184 valence electrons. The van der Waals surface area contributed by atoms with Gasteiger partial charge in [0, 0.05) is 22.9 Å². The van der Waals surface area contributed by atoms with Gasteiger partial charge >= 0.3 is 0 Å². The van der Waals surface area contributed by atoms with Crippen LogP contribution in [0.3, 0.4) is 0 Å². The van der Waals surface area contributed by atoms with Crippen LogP contribution in [-0.2, 0) is 21.2 Å². The Morgan fingerprint density at radius 3 is 2.54 bits per heavy atom. The van der Waals surface area contributed by atoms with Gasteiger partial charge in [-0.15, -0.1) is 11.3 Å². The molecule has 2 atom stereocenters. The van der Waals surface area contributed by atoms with Crippen molar-refractivity contribution >= 4 is 33.3 Å². The molecule has 35 heavy (non-hydrogen) atoms. The van der Waals surface area contributed by atoms with Crippen LogP contribution >= 0.6 is 11.3 Å². The van der Waals surface area contributed by atoms with E-state index in [1.165, 1.54) is 14.6 Å². The van der Waals surface area contributed by atoms with E-state index in [1.54, 1.807) is 17.4 Å². The molecule has 5 nitrogen and oxygen atoms in total. The zero-order valence-corrected chi connectivity index (χ0v) is 22.1. The number of carbonyl (C=O) groups is 1. The van der Waals surface area contributed by atoms with Crippen molar-refractivity contribution in [3.05, 3.63) is 98.6 Å². The summed E-state index contributed by atoms with van der Waals surface area (Å²) in [6.45, 7) is 6.24. The number of rotatable bonds is 8. The van der Waals surface area contributed by atoms with Crippen LogP contribution < -0.4 is 0 Å². The number of hydrogen-bond donors (Lipinski definition) is 0. The Bertz CT molecular complexity index is 1300.